The van der Waals surface area contributed by atoms with Gasteiger partial charge in [0.1, 0.15) is 22.5 Å². The van der Waals surface area contributed by atoms with Crippen molar-refractivity contribution in [3.63, 3.8) is 0 Å². The van der Waals surface area contributed by atoms with Crippen molar-refractivity contribution in [3.8, 4) is 0 Å². The molecule has 1 aromatic carbocycles. The molecule has 1 atom stereocenters. The van der Waals surface area contributed by atoms with Crippen molar-refractivity contribution in [1.29, 1.82) is 0 Å². The standard InChI is InChI=1S/C24H28N2O6S/c1-6-31-23(29)21-15(4)20-16(5)25(13-19(27)28)24(30)26(22(20)33-21)12-18(32-14(2)3)17-10-8-7-9-11-17/h7-11,14,18H,5-6,12-13H2,1-4H3,(H,27,28). The number of amides is 2. The summed E-state index contributed by atoms with van der Waals surface area (Å²) in [5.41, 5.74) is 2.31. The van der Waals surface area contributed by atoms with Crippen LogP contribution in [0.4, 0.5) is 9.80 Å². The molecule has 0 aliphatic carbocycles. The van der Waals surface area contributed by atoms with Crippen LogP contribution >= 0.6 is 11.3 Å². The molecule has 1 N–H and O–H groups in total. The lowest BCUT2D eigenvalue weighted by molar-refractivity contribution is -0.137. The van der Waals surface area contributed by atoms with E-state index in [1.165, 1.54) is 4.90 Å². The van der Waals surface area contributed by atoms with Gasteiger partial charge in [0.05, 0.1) is 19.3 Å². The first-order valence-corrected chi connectivity index (χ1v) is 11.5. The Morgan fingerprint density at radius 1 is 1.18 bits per heavy atom. The summed E-state index contributed by atoms with van der Waals surface area (Å²) in [6.07, 6.45) is -0.575. The maximum absolute atomic E-state index is 13.5. The molecule has 33 heavy (non-hydrogen) atoms. The van der Waals surface area contributed by atoms with E-state index in [1.807, 2.05) is 44.2 Å². The molecular weight excluding hydrogens is 444 g/mol. The maximum Gasteiger partial charge on any atom is 0.348 e. The van der Waals surface area contributed by atoms with Crippen LogP contribution in [-0.4, -0.2) is 53.8 Å². The number of carboxylic acid groups (broad SMARTS) is 1. The number of ether oxygens (including phenoxy) is 2. The summed E-state index contributed by atoms with van der Waals surface area (Å²) in [6.45, 7) is 11.1. The number of carboxylic acids is 1. The van der Waals surface area contributed by atoms with E-state index in [0.717, 1.165) is 21.8 Å². The highest BCUT2D eigenvalue weighted by Crippen LogP contribution is 2.45. The van der Waals surface area contributed by atoms with Gasteiger partial charge in [-0.2, -0.15) is 0 Å². The van der Waals surface area contributed by atoms with Crippen LogP contribution in [0.3, 0.4) is 0 Å². The number of carbonyl (C=O) groups excluding carboxylic acids is 2. The Kier molecular flexibility index (Phi) is 7.55. The number of urea groups is 1. The monoisotopic (exact) mass is 472 g/mol. The van der Waals surface area contributed by atoms with Gasteiger partial charge >= 0.3 is 18.0 Å². The zero-order valence-corrected chi connectivity index (χ0v) is 20.0. The van der Waals surface area contributed by atoms with Gasteiger partial charge in [-0.15, -0.1) is 11.3 Å². The van der Waals surface area contributed by atoms with E-state index in [-0.39, 0.29) is 25.0 Å². The van der Waals surface area contributed by atoms with Crippen LogP contribution < -0.4 is 4.90 Å². The lowest BCUT2D eigenvalue weighted by atomic mass is 10.0. The van der Waals surface area contributed by atoms with Crippen molar-refractivity contribution >= 4 is 40.0 Å². The Bertz CT molecular complexity index is 1060. The molecule has 0 fully saturated rings. The number of aliphatic carboxylic acids is 1. The first kappa shape index (κ1) is 24.5. The van der Waals surface area contributed by atoms with Gasteiger partial charge in [-0.1, -0.05) is 36.9 Å². The zero-order chi connectivity index (χ0) is 24.3. The summed E-state index contributed by atoms with van der Waals surface area (Å²) in [5, 5.41) is 9.93. The predicted octanol–water partition coefficient (Wildman–Crippen LogP) is 4.70. The van der Waals surface area contributed by atoms with E-state index >= 15 is 0 Å². The highest BCUT2D eigenvalue weighted by molar-refractivity contribution is 7.18. The van der Waals surface area contributed by atoms with Crippen LogP contribution in [0.5, 0.6) is 0 Å². The zero-order valence-electron chi connectivity index (χ0n) is 19.2. The van der Waals surface area contributed by atoms with Gasteiger partial charge in [0.2, 0.25) is 0 Å². The number of anilines is 1. The molecule has 1 aromatic heterocycles. The molecule has 1 unspecified atom stereocenters. The summed E-state index contributed by atoms with van der Waals surface area (Å²) >= 11 is 1.14. The number of hydrogen-bond donors (Lipinski definition) is 1. The number of nitrogens with zero attached hydrogens (tertiary/aromatic N) is 2. The second kappa shape index (κ2) is 10.2. The topological polar surface area (TPSA) is 96.4 Å². The smallest absolute Gasteiger partial charge is 0.348 e. The molecular formula is C24H28N2O6S. The lowest BCUT2D eigenvalue weighted by Crippen LogP contribution is -2.49. The Morgan fingerprint density at radius 2 is 1.85 bits per heavy atom. The van der Waals surface area contributed by atoms with Gasteiger partial charge < -0.3 is 14.6 Å². The van der Waals surface area contributed by atoms with Crippen LogP contribution in [0.1, 0.15) is 53.2 Å². The molecule has 2 aromatic rings. The maximum atomic E-state index is 13.5. The molecule has 1 aliphatic heterocycles. The van der Waals surface area contributed by atoms with Crippen LogP contribution in [0.15, 0.2) is 36.9 Å². The number of hydrogen-bond acceptors (Lipinski definition) is 6. The van der Waals surface area contributed by atoms with E-state index in [4.69, 9.17) is 9.47 Å². The van der Waals surface area contributed by atoms with Gasteiger partial charge in [-0.05, 0) is 38.8 Å². The fourth-order valence-corrected chi connectivity index (χ4v) is 4.98. The number of carbonyl (C=O) groups is 3. The summed E-state index contributed by atoms with van der Waals surface area (Å²) in [7, 11) is 0. The van der Waals surface area contributed by atoms with Crippen LogP contribution in [0, 0.1) is 6.92 Å². The average Bonchev–Trinajstić information content (AvgIpc) is 3.11. The number of fused-ring (bicyclic) bond motifs is 1. The van der Waals surface area contributed by atoms with E-state index in [2.05, 4.69) is 6.58 Å². The van der Waals surface area contributed by atoms with Crippen molar-refractivity contribution in [1.82, 2.24) is 4.90 Å². The van der Waals surface area contributed by atoms with Crippen molar-refractivity contribution in [2.24, 2.45) is 0 Å². The third-order valence-corrected chi connectivity index (χ3v) is 6.45. The molecule has 1 aliphatic rings. The quantitative estimate of drug-likeness (QED) is 0.532. The van der Waals surface area contributed by atoms with E-state index in [9.17, 15) is 19.5 Å². The SMILES string of the molecule is C=C1c2c(sc(C(=O)OCC)c2C)N(CC(OC(C)C)c2ccccc2)C(=O)N1CC(=O)O. The number of esters is 1. The molecule has 2 heterocycles. The minimum atomic E-state index is -1.16. The minimum Gasteiger partial charge on any atom is -0.480 e. The molecule has 0 saturated heterocycles. The molecule has 0 spiro atoms. The summed E-state index contributed by atoms with van der Waals surface area (Å²) < 4.78 is 11.3. The average molecular weight is 473 g/mol. The fraction of sp³-hybridized carbons (Fsp3) is 0.375. The van der Waals surface area contributed by atoms with E-state index in [0.29, 0.717) is 21.0 Å². The second-order valence-electron chi connectivity index (χ2n) is 7.86. The summed E-state index contributed by atoms with van der Waals surface area (Å²) in [5.74, 6) is -1.65. The normalized spacial score (nSPS) is 14.5. The largest absolute Gasteiger partial charge is 0.480 e. The highest BCUT2D eigenvalue weighted by atomic mass is 32.1. The highest BCUT2D eigenvalue weighted by Gasteiger charge is 2.40. The summed E-state index contributed by atoms with van der Waals surface area (Å²) in [4.78, 5) is 40.5. The van der Waals surface area contributed by atoms with Gasteiger partial charge in [0, 0.05) is 11.3 Å². The van der Waals surface area contributed by atoms with E-state index in [1.54, 1.807) is 13.8 Å². The third-order valence-electron chi connectivity index (χ3n) is 5.16. The minimum absolute atomic E-state index is 0.111. The fourth-order valence-electron chi connectivity index (χ4n) is 3.75. The van der Waals surface area contributed by atoms with Gasteiger partial charge in [0.25, 0.3) is 0 Å². The van der Waals surface area contributed by atoms with Crippen LogP contribution in [0.2, 0.25) is 0 Å². The van der Waals surface area contributed by atoms with Gasteiger partial charge in [-0.3, -0.25) is 14.6 Å². The number of benzene rings is 1. The third kappa shape index (κ3) is 5.09. The number of thiophene rings is 1. The molecule has 3 rings (SSSR count). The van der Waals surface area contributed by atoms with Crippen molar-refractivity contribution in [2.75, 3.05) is 24.6 Å². The lowest BCUT2D eigenvalue weighted by Gasteiger charge is -2.38. The molecule has 0 saturated carbocycles. The Hall–Kier alpha value is -3.17. The van der Waals surface area contributed by atoms with Gasteiger partial charge in [-0.25, -0.2) is 9.59 Å². The van der Waals surface area contributed by atoms with E-state index < -0.39 is 30.6 Å². The Labute approximate surface area is 197 Å². The molecule has 0 bridgehead atoms. The van der Waals surface area contributed by atoms with Crippen molar-refractivity contribution in [2.45, 2.75) is 39.9 Å². The van der Waals surface area contributed by atoms with Crippen LogP contribution in [0.25, 0.3) is 5.70 Å². The molecule has 2 amide bonds. The predicted molar refractivity (Wildman–Crippen MR) is 127 cm³/mol. The number of rotatable bonds is 9. The Morgan fingerprint density at radius 3 is 2.42 bits per heavy atom. The second-order valence-corrected chi connectivity index (χ2v) is 8.86. The molecule has 0 radical (unpaired) electrons. The Balaban J connectivity index is 2.10. The summed E-state index contributed by atoms with van der Waals surface area (Å²) in [6, 6.07) is 8.98. The van der Waals surface area contributed by atoms with Crippen LogP contribution in [-0.2, 0) is 14.3 Å². The molecule has 9 heteroatoms. The van der Waals surface area contributed by atoms with Gasteiger partial charge in [0.15, 0.2) is 0 Å². The molecule has 8 nitrogen and oxygen atoms in total. The van der Waals surface area contributed by atoms with Crippen molar-refractivity contribution in [3.05, 3.63) is 58.5 Å². The molecule has 176 valence electrons. The first-order chi connectivity index (χ1) is 15.6. The first-order valence-electron chi connectivity index (χ1n) is 10.7. The van der Waals surface area contributed by atoms with Crippen molar-refractivity contribution < 1.29 is 29.0 Å².